The first-order valence-corrected chi connectivity index (χ1v) is 8.55. The van der Waals surface area contributed by atoms with Crippen molar-refractivity contribution in [1.82, 2.24) is 24.6 Å². The molecule has 6 heteroatoms. The van der Waals surface area contributed by atoms with Gasteiger partial charge >= 0.3 is 0 Å². The van der Waals surface area contributed by atoms with E-state index in [1.165, 1.54) is 5.56 Å². The van der Waals surface area contributed by atoms with Crippen LogP contribution in [0.2, 0.25) is 0 Å². The Bertz CT molecular complexity index is 901. The van der Waals surface area contributed by atoms with Gasteiger partial charge in [-0.2, -0.15) is 0 Å². The van der Waals surface area contributed by atoms with Gasteiger partial charge in [-0.25, -0.2) is 9.67 Å². The SMILES string of the molecule is CN(Cc1ccncc1)C1CCc2[nH]n(-c3ccccn3)c(=O)c2C1. The van der Waals surface area contributed by atoms with Gasteiger partial charge in [0.15, 0.2) is 5.82 Å². The number of aromatic nitrogens is 4. The Labute approximate surface area is 146 Å². The van der Waals surface area contributed by atoms with Crippen molar-refractivity contribution in [2.75, 3.05) is 7.05 Å². The Morgan fingerprint density at radius 2 is 2.08 bits per heavy atom. The predicted octanol–water partition coefficient (Wildman–Crippen LogP) is 1.94. The molecule has 0 spiro atoms. The van der Waals surface area contributed by atoms with E-state index >= 15 is 0 Å². The van der Waals surface area contributed by atoms with E-state index in [-0.39, 0.29) is 5.56 Å². The van der Waals surface area contributed by atoms with Crippen molar-refractivity contribution in [2.24, 2.45) is 0 Å². The molecule has 6 nitrogen and oxygen atoms in total. The van der Waals surface area contributed by atoms with Crippen molar-refractivity contribution >= 4 is 0 Å². The van der Waals surface area contributed by atoms with E-state index in [4.69, 9.17) is 0 Å². The molecular weight excluding hydrogens is 314 g/mol. The third-order valence-corrected chi connectivity index (χ3v) is 4.92. The summed E-state index contributed by atoms with van der Waals surface area (Å²) in [4.78, 5) is 23.5. The average Bonchev–Trinajstić information content (AvgIpc) is 2.99. The summed E-state index contributed by atoms with van der Waals surface area (Å²) in [5.74, 6) is 0.642. The summed E-state index contributed by atoms with van der Waals surface area (Å²) in [6, 6.07) is 10.0. The maximum Gasteiger partial charge on any atom is 0.276 e. The normalized spacial score (nSPS) is 16.8. The highest BCUT2D eigenvalue weighted by molar-refractivity contribution is 5.29. The zero-order valence-corrected chi connectivity index (χ0v) is 14.2. The van der Waals surface area contributed by atoms with Crippen LogP contribution in [0.15, 0.2) is 53.7 Å². The van der Waals surface area contributed by atoms with Gasteiger partial charge in [-0.05, 0) is 56.1 Å². The monoisotopic (exact) mass is 335 g/mol. The Kier molecular flexibility index (Phi) is 4.19. The number of fused-ring (bicyclic) bond motifs is 1. The van der Waals surface area contributed by atoms with Crippen LogP contribution in [0.4, 0.5) is 0 Å². The third-order valence-electron chi connectivity index (χ3n) is 4.92. The number of likely N-dealkylation sites (N-methyl/N-ethyl adjacent to an activating group) is 1. The molecule has 3 heterocycles. The van der Waals surface area contributed by atoms with E-state index in [9.17, 15) is 4.79 Å². The van der Waals surface area contributed by atoms with Crippen LogP contribution in [0.5, 0.6) is 0 Å². The second-order valence-corrected chi connectivity index (χ2v) is 6.56. The van der Waals surface area contributed by atoms with Crippen LogP contribution in [-0.2, 0) is 19.4 Å². The van der Waals surface area contributed by atoms with Gasteiger partial charge in [-0.15, -0.1) is 0 Å². The van der Waals surface area contributed by atoms with Crippen LogP contribution in [-0.4, -0.2) is 37.7 Å². The van der Waals surface area contributed by atoms with Crippen LogP contribution in [0.25, 0.3) is 5.82 Å². The number of pyridine rings is 2. The highest BCUT2D eigenvalue weighted by Crippen LogP contribution is 2.22. The van der Waals surface area contributed by atoms with Gasteiger partial charge in [-0.1, -0.05) is 6.07 Å². The Morgan fingerprint density at radius 1 is 1.24 bits per heavy atom. The lowest BCUT2D eigenvalue weighted by molar-refractivity contribution is 0.213. The lowest BCUT2D eigenvalue weighted by Crippen LogP contribution is -2.37. The molecule has 3 aromatic heterocycles. The summed E-state index contributed by atoms with van der Waals surface area (Å²) in [7, 11) is 2.13. The molecule has 0 bridgehead atoms. The van der Waals surface area contributed by atoms with Crippen molar-refractivity contribution < 1.29 is 0 Å². The summed E-state index contributed by atoms with van der Waals surface area (Å²) in [5.41, 5.74) is 3.20. The van der Waals surface area contributed by atoms with E-state index in [1.807, 2.05) is 42.7 Å². The number of aryl methyl sites for hydroxylation is 1. The molecule has 0 saturated heterocycles. The molecule has 0 fully saturated rings. The molecule has 0 aliphatic heterocycles. The summed E-state index contributed by atoms with van der Waals surface area (Å²) in [6.07, 6.45) is 8.03. The van der Waals surface area contributed by atoms with Crippen molar-refractivity contribution in [2.45, 2.75) is 31.8 Å². The summed E-state index contributed by atoms with van der Waals surface area (Å²) in [6.45, 7) is 0.862. The summed E-state index contributed by atoms with van der Waals surface area (Å²) in [5, 5.41) is 3.24. The smallest absolute Gasteiger partial charge is 0.276 e. The van der Waals surface area contributed by atoms with Crippen molar-refractivity contribution in [3.05, 3.63) is 76.1 Å². The van der Waals surface area contributed by atoms with Gasteiger partial charge in [0.25, 0.3) is 5.56 Å². The molecule has 1 aliphatic carbocycles. The zero-order chi connectivity index (χ0) is 17.2. The van der Waals surface area contributed by atoms with Crippen LogP contribution in [0.3, 0.4) is 0 Å². The fourth-order valence-electron chi connectivity index (χ4n) is 3.51. The largest absolute Gasteiger partial charge is 0.299 e. The highest BCUT2D eigenvalue weighted by Gasteiger charge is 2.27. The first-order chi connectivity index (χ1) is 12.2. The number of hydrogen-bond acceptors (Lipinski definition) is 4. The first-order valence-electron chi connectivity index (χ1n) is 8.55. The number of nitrogens with one attached hydrogen (secondary N) is 1. The Hall–Kier alpha value is -2.73. The van der Waals surface area contributed by atoms with Gasteiger partial charge in [0.05, 0.1) is 0 Å². The molecule has 0 saturated carbocycles. The maximum atomic E-state index is 12.8. The molecule has 128 valence electrons. The zero-order valence-electron chi connectivity index (χ0n) is 14.2. The van der Waals surface area contributed by atoms with E-state index in [2.05, 4.69) is 27.0 Å². The minimum Gasteiger partial charge on any atom is -0.299 e. The van der Waals surface area contributed by atoms with E-state index in [0.29, 0.717) is 11.9 Å². The molecule has 0 aromatic carbocycles. The highest BCUT2D eigenvalue weighted by atomic mass is 16.1. The van der Waals surface area contributed by atoms with Crippen molar-refractivity contribution in [1.29, 1.82) is 0 Å². The fourth-order valence-corrected chi connectivity index (χ4v) is 3.51. The maximum absolute atomic E-state index is 12.8. The molecule has 3 aromatic rings. The van der Waals surface area contributed by atoms with E-state index in [0.717, 1.165) is 37.1 Å². The molecule has 4 rings (SSSR count). The lowest BCUT2D eigenvalue weighted by Gasteiger charge is -2.30. The van der Waals surface area contributed by atoms with Gasteiger partial charge in [-0.3, -0.25) is 19.8 Å². The number of hydrogen-bond donors (Lipinski definition) is 1. The molecule has 0 radical (unpaired) electrons. The molecule has 25 heavy (non-hydrogen) atoms. The van der Waals surface area contributed by atoms with Crippen LogP contribution in [0, 0.1) is 0 Å². The summed E-state index contributed by atoms with van der Waals surface area (Å²) >= 11 is 0. The quantitative estimate of drug-likeness (QED) is 0.791. The number of rotatable bonds is 4. The molecule has 1 N–H and O–H groups in total. The van der Waals surface area contributed by atoms with Crippen molar-refractivity contribution in [3.63, 3.8) is 0 Å². The number of nitrogens with zero attached hydrogens (tertiary/aromatic N) is 4. The van der Waals surface area contributed by atoms with Gasteiger partial charge in [0.2, 0.25) is 0 Å². The van der Waals surface area contributed by atoms with E-state index < -0.39 is 0 Å². The van der Waals surface area contributed by atoms with Gasteiger partial charge in [0, 0.05) is 42.4 Å². The predicted molar refractivity (Wildman–Crippen MR) is 95.7 cm³/mol. The topological polar surface area (TPSA) is 66.8 Å². The molecule has 0 amide bonds. The molecular formula is C19H21N5O. The summed E-state index contributed by atoms with van der Waals surface area (Å²) < 4.78 is 1.57. The van der Waals surface area contributed by atoms with Crippen LogP contribution < -0.4 is 5.56 Å². The number of H-pyrrole nitrogens is 1. The standard InChI is InChI=1S/C19H21N5O/c1-23(13-14-7-10-20-11-8-14)15-5-6-17-16(12-15)19(25)24(22-17)18-4-2-3-9-21-18/h2-4,7-11,15,22H,5-6,12-13H2,1H3. The number of aromatic amines is 1. The minimum atomic E-state index is 0.0238. The Balaban J connectivity index is 1.55. The van der Waals surface area contributed by atoms with Gasteiger partial charge < -0.3 is 0 Å². The van der Waals surface area contributed by atoms with Crippen molar-refractivity contribution in [3.8, 4) is 5.82 Å². The lowest BCUT2D eigenvalue weighted by atomic mass is 9.92. The van der Waals surface area contributed by atoms with Crippen LogP contribution in [0.1, 0.15) is 23.2 Å². The Morgan fingerprint density at radius 3 is 2.84 bits per heavy atom. The third kappa shape index (κ3) is 3.13. The van der Waals surface area contributed by atoms with Crippen LogP contribution >= 0.6 is 0 Å². The average molecular weight is 335 g/mol. The molecule has 1 atom stereocenters. The fraction of sp³-hybridized carbons (Fsp3) is 0.316. The van der Waals surface area contributed by atoms with E-state index in [1.54, 1.807) is 10.9 Å². The van der Waals surface area contributed by atoms with Gasteiger partial charge in [0.1, 0.15) is 0 Å². The molecule has 1 aliphatic rings. The first kappa shape index (κ1) is 15.8. The second-order valence-electron chi connectivity index (χ2n) is 6.56. The molecule has 1 unspecified atom stereocenters. The minimum absolute atomic E-state index is 0.0238. The second kappa shape index (κ2) is 6.64.